The zero-order valence-electron chi connectivity index (χ0n) is 20.9. The van der Waals surface area contributed by atoms with E-state index in [0.29, 0.717) is 29.8 Å². The maximum atomic E-state index is 12.2. The van der Waals surface area contributed by atoms with Crippen molar-refractivity contribution in [3.8, 4) is 22.2 Å². The molecule has 0 saturated heterocycles. The molecular weight excluding hydrogens is 488 g/mol. The van der Waals surface area contributed by atoms with Crippen molar-refractivity contribution in [3.63, 3.8) is 0 Å². The summed E-state index contributed by atoms with van der Waals surface area (Å²) >= 11 is 1.57. The second-order valence-corrected chi connectivity index (χ2v) is 9.62. The molecule has 0 radical (unpaired) electrons. The summed E-state index contributed by atoms with van der Waals surface area (Å²) in [6, 6.07) is 19.5. The molecule has 1 amide bonds. The Bertz CT molecular complexity index is 1280. The van der Waals surface area contributed by atoms with Gasteiger partial charge in [-0.2, -0.15) is 4.98 Å². The van der Waals surface area contributed by atoms with Crippen molar-refractivity contribution in [2.75, 3.05) is 25.0 Å². The van der Waals surface area contributed by atoms with Gasteiger partial charge < -0.3 is 19.9 Å². The van der Waals surface area contributed by atoms with Gasteiger partial charge in [0.25, 0.3) is 11.8 Å². The van der Waals surface area contributed by atoms with Crippen LogP contribution in [0.2, 0.25) is 0 Å². The number of anilines is 1. The van der Waals surface area contributed by atoms with Crippen LogP contribution in [0.1, 0.15) is 36.2 Å². The van der Waals surface area contributed by atoms with Crippen LogP contribution >= 0.6 is 11.3 Å². The number of amides is 1. The molecule has 0 fully saturated rings. The highest BCUT2D eigenvalue weighted by Crippen LogP contribution is 2.26. The average Bonchev–Trinajstić information content (AvgIpc) is 3.61. The minimum atomic E-state index is -0.317. The highest BCUT2D eigenvalue weighted by molar-refractivity contribution is 7.13. The number of esters is 1. The van der Waals surface area contributed by atoms with Crippen LogP contribution in [0.5, 0.6) is 0 Å². The Hall–Kier alpha value is -3.98. The van der Waals surface area contributed by atoms with E-state index in [1.165, 1.54) is 5.56 Å². The maximum Gasteiger partial charge on any atom is 0.307 e. The Balaban J connectivity index is 1.22. The second-order valence-electron chi connectivity index (χ2n) is 8.68. The summed E-state index contributed by atoms with van der Waals surface area (Å²) in [7, 11) is 0. The summed E-state index contributed by atoms with van der Waals surface area (Å²) in [5.41, 5.74) is 3.65. The highest BCUT2D eigenvalue weighted by atomic mass is 32.1. The number of rotatable bonds is 12. The van der Waals surface area contributed by atoms with Gasteiger partial charge in [0, 0.05) is 29.9 Å². The van der Waals surface area contributed by atoms with Crippen LogP contribution in [0.3, 0.4) is 0 Å². The van der Waals surface area contributed by atoms with Gasteiger partial charge in [-0.15, -0.1) is 11.3 Å². The molecule has 2 aromatic heterocycles. The number of ether oxygens (including phenoxy) is 1. The fourth-order valence-corrected chi connectivity index (χ4v) is 4.39. The standard InChI is InChI=1S/C28H30N4O4S/c1-3-35-25(33)14-15-29-27(34)22-10-12-23(13-11-22)30-18-19(2)17-20-6-8-21(9-7-20)26-31-28(36-32-26)24-5-4-16-37-24/h4-13,16,19,30H,3,14-15,17-18H2,1-2H3,(H,29,34). The molecule has 0 spiro atoms. The van der Waals surface area contributed by atoms with E-state index < -0.39 is 0 Å². The lowest BCUT2D eigenvalue weighted by molar-refractivity contribution is -0.142. The van der Waals surface area contributed by atoms with Crippen molar-refractivity contribution in [2.24, 2.45) is 5.92 Å². The van der Waals surface area contributed by atoms with Crippen molar-refractivity contribution in [2.45, 2.75) is 26.7 Å². The van der Waals surface area contributed by atoms with E-state index in [2.05, 4.69) is 39.8 Å². The third-order valence-corrected chi connectivity index (χ3v) is 6.53. The Morgan fingerprint density at radius 2 is 1.86 bits per heavy atom. The van der Waals surface area contributed by atoms with Gasteiger partial charge in [0.1, 0.15) is 0 Å². The summed E-state index contributed by atoms with van der Waals surface area (Å²) < 4.78 is 10.2. The molecule has 1 atom stereocenters. The molecule has 2 aromatic carbocycles. The van der Waals surface area contributed by atoms with Crippen LogP contribution in [0.15, 0.2) is 70.6 Å². The van der Waals surface area contributed by atoms with Crippen LogP contribution in [-0.2, 0) is 16.0 Å². The maximum absolute atomic E-state index is 12.2. The third kappa shape index (κ3) is 7.50. The zero-order valence-corrected chi connectivity index (χ0v) is 21.7. The van der Waals surface area contributed by atoms with Crippen molar-refractivity contribution < 1.29 is 18.8 Å². The lowest BCUT2D eigenvalue weighted by Gasteiger charge is -2.14. The first-order valence-corrected chi connectivity index (χ1v) is 13.1. The molecule has 2 heterocycles. The predicted molar refractivity (Wildman–Crippen MR) is 144 cm³/mol. The number of nitrogens with zero attached hydrogens (tertiary/aromatic N) is 2. The minimum absolute atomic E-state index is 0.160. The van der Waals surface area contributed by atoms with E-state index in [1.807, 2.05) is 41.8 Å². The Morgan fingerprint density at radius 3 is 2.57 bits per heavy atom. The number of thiophene rings is 1. The largest absolute Gasteiger partial charge is 0.466 e. The van der Waals surface area contributed by atoms with Crippen LogP contribution in [0.25, 0.3) is 22.2 Å². The number of hydrogen-bond donors (Lipinski definition) is 2. The van der Waals surface area contributed by atoms with E-state index in [-0.39, 0.29) is 24.8 Å². The first-order chi connectivity index (χ1) is 18.0. The number of hydrogen-bond acceptors (Lipinski definition) is 8. The Morgan fingerprint density at radius 1 is 1.08 bits per heavy atom. The molecule has 4 rings (SSSR count). The van der Waals surface area contributed by atoms with Gasteiger partial charge >= 0.3 is 5.97 Å². The number of benzene rings is 2. The van der Waals surface area contributed by atoms with Crippen LogP contribution in [0, 0.1) is 5.92 Å². The fraction of sp³-hybridized carbons (Fsp3) is 0.286. The molecule has 2 N–H and O–H groups in total. The molecule has 4 aromatic rings. The fourth-order valence-electron chi connectivity index (χ4n) is 3.75. The number of carbonyl (C=O) groups is 2. The molecule has 0 aliphatic carbocycles. The molecule has 0 bridgehead atoms. The average molecular weight is 519 g/mol. The third-order valence-electron chi connectivity index (χ3n) is 5.68. The number of nitrogens with one attached hydrogen (secondary N) is 2. The van der Waals surface area contributed by atoms with Gasteiger partial charge in [-0.05, 0) is 60.5 Å². The normalized spacial score (nSPS) is 11.6. The van der Waals surface area contributed by atoms with E-state index in [0.717, 1.165) is 29.1 Å². The quantitative estimate of drug-likeness (QED) is 0.241. The summed E-state index contributed by atoms with van der Waals surface area (Å²) in [4.78, 5) is 29.1. The molecule has 0 saturated carbocycles. The predicted octanol–water partition coefficient (Wildman–Crippen LogP) is 5.44. The lowest BCUT2D eigenvalue weighted by atomic mass is 10.00. The second kappa shape index (κ2) is 12.8. The van der Waals surface area contributed by atoms with Crippen LogP contribution in [-0.4, -0.2) is 41.7 Å². The van der Waals surface area contributed by atoms with Crippen LogP contribution in [0.4, 0.5) is 5.69 Å². The topological polar surface area (TPSA) is 106 Å². The molecule has 37 heavy (non-hydrogen) atoms. The zero-order chi connectivity index (χ0) is 26.0. The summed E-state index contributed by atoms with van der Waals surface area (Å²) in [5, 5.41) is 12.3. The molecule has 8 nitrogen and oxygen atoms in total. The van der Waals surface area contributed by atoms with Gasteiger partial charge in [-0.1, -0.05) is 42.4 Å². The van der Waals surface area contributed by atoms with E-state index in [1.54, 1.807) is 30.4 Å². The van der Waals surface area contributed by atoms with Gasteiger partial charge in [-0.3, -0.25) is 9.59 Å². The summed E-state index contributed by atoms with van der Waals surface area (Å²) in [6.45, 7) is 5.33. The Kier molecular flexibility index (Phi) is 9.04. The molecular formula is C28H30N4O4S. The van der Waals surface area contributed by atoms with Crippen molar-refractivity contribution in [1.29, 1.82) is 0 Å². The SMILES string of the molecule is CCOC(=O)CCNC(=O)c1ccc(NCC(C)Cc2ccc(-c3noc(-c4cccs4)n3)cc2)cc1. The smallest absolute Gasteiger partial charge is 0.307 e. The summed E-state index contributed by atoms with van der Waals surface area (Å²) in [5.74, 6) is 0.989. The van der Waals surface area contributed by atoms with E-state index >= 15 is 0 Å². The highest BCUT2D eigenvalue weighted by Gasteiger charge is 2.12. The first-order valence-electron chi connectivity index (χ1n) is 12.3. The van der Waals surface area contributed by atoms with Crippen molar-refractivity contribution in [1.82, 2.24) is 15.5 Å². The molecule has 9 heteroatoms. The van der Waals surface area contributed by atoms with Gasteiger partial charge in [0.05, 0.1) is 17.9 Å². The van der Waals surface area contributed by atoms with Crippen molar-refractivity contribution in [3.05, 3.63) is 77.2 Å². The monoisotopic (exact) mass is 518 g/mol. The van der Waals surface area contributed by atoms with E-state index in [9.17, 15) is 9.59 Å². The molecule has 0 aliphatic heterocycles. The summed E-state index contributed by atoms with van der Waals surface area (Å²) in [6.07, 6.45) is 1.08. The number of aromatic nitrogens is 2. The number of carbonyl (C=O) groups excluding carboxylic acids is 2. The van der Waals surface area contributed by atoms with Crippen molar-refractivity contribution >= 4 is 28.9 Å². The molecule has 1 unspecified atom stereocenters. The van der Waals surface area contributed by atoms with Gasteiger partial charge in [0.2, 0.25) is 5.82 Å². The first kappa shape index (κ1) is 26.1. The van der Waals surface area contributed by atoms with E-state index in [4.69, 9.17) is 9.26 Å². The molecule has 0 aliphatic rings. The Labute approximate surface area is 220 Å². The minimum Gasteiger partial charge on any atom is -0.466 e. The van der Waals surface area contributed by atoms with Gasteiger partial charge in [-0.25, -0.2) is 0 Å². The molecule has 192 valence electrons. The van der Waals surface area contributed by atoms with Gasteiger partial charge in [0.15, 0.2) is 0 Å². The van der Waals surface area contributed by atoms with Crippen LogP contribution < -0.4 is 10.6 Å². The lowest BCUT2D eigenvalue weighted by Crippen LogP contribution is -2.26.